The van der Waals surface area contributed by atoms with Crippen molar-refractivity contribution in [2.45, 2.75) is 82.0 Å². The van der Waals surface area contributed by atoms with E-state index in [2.05, 4.69) is 39.4 Å². The highest BCUT2D eigenvalue weighted by Crippen LogP contribution is 2.31. The minimum atomic E-state index is -0.509. The molecule has 0 aromatic heterocycles. The molecule has 0 radical (unpaired) electrons. The first-order chi connectivity index (χ1) is 19.4. The lowest BCUT2D eigenvalue weighted by Crippen LogP contribution is -2.50. The maximum Gasteiger partial charge on any atom is 0.240 e. The SMILES string of the molecule is N[C@@H]1C[C@H]2C(=O)N([C@H](CCC3=NN=CC3)C(=O)CCc3ccc(Cl)c(Cl)c3)CCC(CCc3ccccc3)N2C1. The van der Waals surface area contributed by atoms with Crippen molar-refractivity contribution in [2.24, 2.45) is 15.9 Å². The maximum atomic E-state index is 14.1. The standard InChI is InChI=1S/C31H37Cl2N5O2/c32-26-11-7-22(18-27(26)33)8-13-30(39)28(12-9-24-14-16-35-36-24)37-17-15-25(10-6-21-4-2-1-3-5-21)38-20-23(34)19-29(38)31(37)40/h1-5,7,11,16,18,23,25,28-29H,6,8-10,12-15,17,19-20,34H2/t23-,25?,28-,29+/m1/s1. The van der Waals surface area contributed by atoms with Crippen LogP contribution in [0.4, 0.5) is 0 Å². The van der Waals surface area contributed by atoms with Gasteiger partial charge >= 0.3 is 0 Å². The highest BCUT2D eigenvalue weighted by molar-refractivity contribution is 6.42. The average Bonchev–Trinajstić information content (AvgIpc) is 3.60. The fourth-order valence-electron chi connectivity index (χ4n) is 6.28. The van der Waals surface area contributed by atoms with Gasteiger partial charge in [-0.15, -0.1) is 0 Å². The smallest absolute Gasteiger partial charge is 0.240 e. The van der Waals surface area contributed by atoms with Gasteiger partial charge in [-0.2, -0.15) is 10.2 Å². The number of carbonyl (C=O) groups excluding carboxylic acids is 2. The first-order valence-corrected chi connectivity index (χ1v) is 15.0. The summed E-state index contributed by atoms with van der Waals surface area (Å²) in [6.45, 7) is 1.28. The van der Waals surface area contributed by atoms with Gasteiger partial charge in [0, 0.05) is 49.9 Å². The van der Waals surface area contributed by atoms with Crippen LogP contribution in [-0.4, -0.2) is 70.7 Å². The molecule has 4 atom stereocenters. The summed E-state index contributed by atoms with van der Waals surface area (Å²) >= 11 is 12.3. The number of hydrogen-bond donors (Lipinski definition) is 1. The zero-order chi connectivity index (χ0) is 28.1. The molecule has 1 unspecified atom stereocenters. The van der Waals surface area contributed by atoms with Crippen molar-refractivity contribution in [2.75, 3.05) is 13.1 Å². The van der Waals surface area contributed by atoms with Crippen LogP contribution in [0.15, 0.2) is 58.7 Å². The summed E-state index contributed by atoms with van der Waals surface area (Å²) in [5.74, 6) is 0.100. The van der Waals surface area contributed by atoms with Gasteiger partial charge in [0.1, 0.15) is 0 Å². The van der Waals surface area contributed by atoms with E-state index in [1.54, 1.807) is 12.3 Å². The molecule has 7 nitrogen and oxygen atoms in total. The Bertz CT molecular complexity index is 1270. The first-order valence-electron chi connectivity index (χ1n) is 14.3. The number of aryl methyl sites for hydroxylation is 2. The Hall–Kier alpha value is -2.58. The summed E-state index contributed by atoms with van der Waals surface area (Å²) in [7, 11) is 0. The zero-order valence-corrected chi connectivity index (χ0v) is 24.2. The molecule has 2 fully saturated rings. The molecule has 2 aromatic carbocycles. The fourth-order valence-corrected chi connectivity index (χ4v) is 6.60. The topological polar surface area (TPSA) is 91.4 Å². The molecule has 9 heteroatoms. The van der Waals surface area contributed by atoms with E-state index >= 15 is 0 Å². The second kappa shape index (κ2) is 13.4. The summed E-state index contributed by atoms with van der Waals surface area (Å²) in [4.78, 5) is 32.1. The molecule has 0 saturated carbocycles. The number of benzene rings is 2. The normalized spacial score (nSPS) is 23.7. The first kappa shape index (κ1) is 28.9. The number of rotatable bonds is 11. The molecule has 212 valence electrons. The van der Waals surface area contributed by atoms with Gasteiger partial charge < -0.3 is 10.6 Å². The van der Waals surface area contributed by atoms with E-state index in [4.69, 9.17) is 28.9 Å². The molecule has 2 saturated heterocycles. The van der Waals surface area contributed by atoms with Crippen LogP contribution in [-0.2, 0) is 22.4 Å². The van der Waals surface area contributed by atoms with Crippen LogP contribution in [0, 0.1) is 0 Å². The van der Waals surface area contributed by atoms with Crippen LogP contribution in [0.25, 0.3) is 0 Å². The molecule has 2 aromatic rings. The molecule has 1 amide bonds. The number of nitrogens with two attached hydrogens (primary N) is 1. The summed E-state index contributed by atoms with van der Waals surface area (Å²) < 4.78 is 0. The number of fused-ring (bicyclic) bond motifs is 1. The minimum Gasteiger partial charge on any atom is -0.331 e. The lowest BCUT2D eigenvalue weighted by atomic mass is 9.96. The lowest BCUT2D eigenvalue weighted by molar-refractivity contribution is -0.142. The van der Waals surface area contributed by atoms with E-state index in [1.807, 2.05) is 23.1 Å². The number of halogens is 2. The van der Waals surface area contributed by atoms with Gasteiger partial charge in [0.25, 0.3) is 0 Å². The largest absolute Gasteiger partial charge is 0.331 e. The zero-order valence-electron chi connectivity index (χ0n) is 22.7. The molecule has 2 N–H and O–H groups in total. The van der Waals surface area contributed by atoms with Crippen LogP contribution < -0.4 is 5.73 Å². The van der Waals surface area contributed by atoms with Gasteiger partial charge in [-0.1, -0.05) is 59.6 Å². The predicted octanol–water partition coefficient (Wildman–Crippen LogP) is 5.11. The van der Waals surface area contributed by atoms with Gasteiger partial charge in [-0.05, 0) is 68.2 Å². The van der Waals surface area contributed by atoms with Crippen LogP contribution in [0.3, 0.4) is 0 Å². The lowest BCUT2D eigenvalue weighted by Gasteiger charge is -2.32. The van der Waals surface area contributed by atoms with Crippen LogP contribution in [0.2, 0.25) is 10.0 Å². The Morgan fingerprint density at radius 2 is 1.88 bits per heavy atom. The van der Waals surface area contributed by atoms with Gasteiger partial charge in [0.05, 0.1) is 22.1 Å². The van der Waals surface area contributed by atoms with Gasteiger partial charge in [-0.25, -0.2) is 0 Å². The summed E-state index contributed by atoms with van der Waals surface area (Å²) in [6, 6.07) is 15.3. The predicted molar refractivity (Wildman–Crippen MR) is 161 cm³/mol. The molecule has 0 aliphatic carbocycles. The van der Waals surface area contributed by atoms with Crippen molar-refractivity contribution < 1.29 is 9.59 Å². The monoisotopic (exact) mass is 581 g/mol. The number of amides is 1. The van der Waals surface area contributed by atoms with E-state index in [-0.39, 0.29) is 29.8 Å². The molecular formula is C31H37Cl2N5O2. The number of ketones is 1. The second-order valence-electron chi connectivity index (χ2n) is 11.1. The Morgan fingerprint density at radius 1 is 1.05 bits per heavy atom. The third-order valence-corrected chi connectivity index (χ3v) is 9.17. The molecule has 3 aliphatic rings. The maximum absolute atomic E-state index is 14.1. The highest BCUT2D eigenvalue weighted by atomic mass is 35.5. The average molecular weight is 583 g/mol. The van der Waals surface area contributed by atoms with Crippen molar-refractivity contribution in [1.29, 1.82) is 0 Å². The third kappa shape index (κ3) is 7.00. The second-order valence-corrected chi connectivity index (χ2v) is 12.0. The third-order valence-electron chi connectivity index (χ3n) is 8.43. The van der Waals surface area contributed by atoms with E-state index in [0.717, 1.165) is 30.5 Å². The van der Waals surface area contributed by atoms with Crippen LogP contribution >= 0.6 is 23.2 Å². The Kier molecular flexibility index (Phi) is 9.68. The molecule has 0 bridgehead atoms. The number of hydrogen-bond acceptors (Lipinski definition) is 6. The Labute approximate surface area is 246 Å². The molecular weight excluding hydrogens is 545 g/mol. The van der Waals surface area contributed by atoms with Crippen molar-refractivity contribution in [3.05, 3.63) is 69.7 Å². The molecule has 3 aliphatic heterocycles. The molecule has 40 heavy (non-hydrogen) atoms. The van der Waals surface area contributed by atoms with E-state index in [1.165, 1.54) is 5.56 Å². The fraction of sp³-hybridized carbons (Fsp3) is 0.484. The molecule has 3 heterocycles. The van der Waals surface area contributed by atoms with Gasteiger partial charge in [0.2, 0.25) is 5.91 Å². The Morgan fingerprint density at radius 3 is 2.62 bits per heavy atom. The van der Waals surface area contributed by atoms with Crippen molar-refractivity contribution in [3.8, 4) is 0 Å². The van der Waals surface area contributed by atoms with Gasteiger partial charge in [0.15, 0.2) is 5.78 Å². The highest BCUT2D eigenvalue weighted by Gasteiger charge is 2.45. The molecule has 0 spiro atoms. The summed E-state index contributed by atoms with van der Waals surface area (Å²) in [6.07, 6.45) is 7.87. The van der Waals surface area contributed by atoms with E-state index < -0.39 is 6.04 Å². The van der Waals surface area contributed by atoms with Crippen LogP contribution in [0.5, 0.6) is 0 Å². The van der Waals surface area contributed by atoms with E-state index in [9.17, 15) is 9.59 Å². The number of carbonyl (C=O) groups is 2. The quantitative estimate of drug-likeness (QED) is 0.399. The Balaban J connectivity index is 1.33. The molecule has 5 rings (SSSR count). The van der Waals surface area contributed by atoms with Crippen LogP contribution in [0.1, 0.15) is 56.1 Å². The number of nitrogens with zero attached hydrogens (tertiary/aromatic N) is 4. The number of Topliss-reactive ketones (excluding diaryl/α,β-unsaturated/α-hetero) is 1. The summed E-state index contributed by atoms with van der Waals surface area (Å²) in [5, 5.41) is 9.16. The summed E-state index contributed by atoms with van der Waals surface area (Å²) in [5.41, 5.74) is 9.61. The minimum absolute atomic E-state index is 0.0349. The van der Waals surface area contributed by atoms with Crippen molar-refractivity contribution in [1.82, 2.24) is 9.80 Å². The van der Waals surface area contributed by atoms with E-state index in [0.29, 0.717) is 61.7 Å². The van der Waals surface area contributed by atoms with Crippen molar-refractivity contribution >= 4 is 46.8 Å². The van der Waals surface area contributed by atoms with Crippen molar-refractivity contribution in [3.63, 3.8) is 0 Å². The van der Waals surface area contributed by atoms with Gasteiger partial charge in [-0.3, -0.25) is 14.5 Å².